The van der Waals surface area contributed by atoms with Crippen LogP contribution in [0.1, 0.15) is 19.0 Å². The first-order valence-corrected chi connectivity index (χ1v) is 8.60. The summed E-state index contributed by atoms with van der Waals surface area (Å²) < 4.78 is 19.0. The molecule has 3 aromatic heterocycles. The number of hydrogen-bond donors (Lipinski definition) is 0. The van der Waals surface area contributed by atoms with E-state index in [0.717, 1.165) is 12.1 Å². The number of hydrogen-bond acceptors (Lipinski definition) is 4. The zero-order chi connectivity index (χ0) is 18.0. The summed E-state index contributed by atoms with van der Waals surface area (Å²) in [6, 6.07) is 4.59. The molecule has 4 aromatic rings. The minimum absolute atomic E-state index is 0.0528. The maximum Gasteiger partial charge on any atom is 0.264 e. The van der Waals surface area contributed by atoms with Crippen LogP contribution >= 0.6 is 0 Å². The van der Waals surface area contributed by atoms with Gasteiger partial charge in [-0.15, -0.1) is 5.10 Å². The lowest BCUT2D eigenvalue weighted by Gasteiger charge is -2.09. The Bertz CT molecular complexity index is 1220. The number of aryl methyl sites for hydroxylation is 1. The Kier molecular flexibility index (Phi) is 3.07. The van der Waals surface area contributed by atoms with E-state index in [0.29, 0.717) is 28.8 Å². The fourth-order valence-electron chi connectivity index (χ4n) is 3.68. The molecule has 0 radical (unpaired) electrons. The largest absolute Gasteiger partial charge is 0.294 e. The average molecular weight is 352 g/mol. The molecule has 1 aliphatic carbocycles. The van der Waals surface area contributed by atoms with Crippen LogP contribution in [0.5, 0.6) is 0 Å². The lowest BCUT2D eigenvalue weighted by atomic mass is 10.2. The Morgan fingerprint density at radius 3 is 2.92 bits per heavy atom. The van der Waals surface area contributed by atoms with Crippen LogP contribution in [0.3, 0.4) is 0 Å². The summed E-state index contributed by atoms with van der Waals surface area (Å²) in [7, 11) is 1.62. The van der Waals surface area contributed by atoms with Crippen molar-refractivity contribution in [3.63, 3.8) is 0 Å². The number of aromatic nitrogens is 6. The molecule has 132 valence electrons. The van der Waals surface area contributed by atoms with Crippen molar-refractivity contribution in [1.29, 1.82) is 0 Å². The van der Waals surface area contributed by atoms with Crippen LogP contribution in [0.25, 0.3) is 22.4 Å². The predicted octanol–water partition coefficient (Wildman–Crippen LogP) is 2.10. The van der Waals surface area contributed by atoms with Gasteiger partial charge in [0.25, 0.3) is 5.56 Å². The fourth-order valence-corrected chi connectivity index (χ4v) is 3.68. The molecule has 8 heteroatoms. The van der Waals surface area contributed by atoms with E-state index in [-0.39, 0.29) is 5.39 Å². The topological polar surface area (TPSA) is 70.0 Å². The van der Waals surface area contributed by atoms with Crippen molar-refractivity contribution >= 4 is 16.6 Å². The van der Waals surface area contributed by atoms with Gasteiger partial charge in [0.05, 0.1) is 22.8 Å². The highest BCUT2D eigenvalue weighted by Gasteiger charge is 2.33. The zero-order valence-electron chi connectivity index (χ0n) is 14.4. The average Bonchev–Trinajstić information content (AvgIpc) is 3.02. The third-order valence-electron chi connectivity index (χ3n) is 5.38. The molecule has 0 aliphatic heterocycles. The fraction of sp³-hybridized carbons (Fsp3) is 0.333. The van der Waals surface area contributed by atoms with Gasteiger partial charge in [0.1, 0.15) is 12.1 Å². The van der Waals surface area contributed by atoms with Crippen molar-refractivity contribution in [1.82, 2.24) is 28.9 Å². The molecule has 26 heavy (non-hydrogen) atoms. The molecule has 2 unspecified atom stereocenters. The molecule has 1 fully saturated rings. The van der Waals surface area contributed by atoms with E-state index in [1.807, 2.05) is 0 Å². The summed E-state index contributed by atoms with van der Waals surface area (Å²) in [5.74, 6) is 1.34. The summed E-state index contributed by atoms with van der Waals surface area (Å²) >= 11 is 0. The van der Waals surface area contributed by atoms with Crippen molar-refractivity contribution in [2.45, 2.75) is 19.8 Å². The van der Waals surface area contributed by atoms with Gasteiger partial charge in [-0.05, 0) is 36.8 Å². The maximum absolute atomic E-state index is 14.2. The van der Waals surface area contributed by atoms with E-state index in [9.17, 15) is 9.18 Å². The second-order valence-corrected chi connectivity index (χ2v) is 7.07. The van der Waals surface area contributed by atoms with Crippen LogP contribution in [0.4, 0.5) is 4.39 Å². The van der Waals surface area contributed by atoms with Gasteiger partial charge >= 0.3 is 0 Å². The molecule has 3 heterocycles. The first-order valence-electron chi connectivity index (χ1n) is 8.60. The summed E-state index contributed by atoms with van der Waals surface area (Å²) in [4.78, 5) is 17.2. The third-order valence-corrected chi connectivity index (χ3v) is 5.38. The number of fused-ring (bicyclic) bond motifs is 3. The van der Waals surface area contributed by atoms with Gasteiger partial charge in [0.2, 0.25) is 0 Å². The minimum atomic E-state index is -0.538. The standard InChI is InChI=1S/C18H17FN6O/c1-10-6-11(10)7-12-8-21-22-25(12)16-17-23(2)18(26)15-13(19)4-3-5-14(15)24(17)9-20-16/h3-5,8-11H,6-7H2,1-2H3. The molecule has 1 aliphatic rings. The van der Waals surface area contributed by atoms with Crippen molar-refractivity contribution in [3.05, 3.63) is 52.6 Å². The number of halogens is 1. The first kappa shape index (κ1) is 15.2. The van der Waals surface area contributed by atoms with Gasteiger partial charge in [-0.2, -0.15) is 4.68 Å². The summed E-state index contributed by atoms with van der Waals surface area (Å²) in [5, 5.41) is 8.27. The highest BCUT2D eigenvalue weighted by atomic mass is 19.1. The number of imidazole rings is 1. The van der Waals surface area contributed by atoms with Crippen molar-refractivity contribution in [2.24, 2.45) is 18.9 Å². The SMILES string of the molecule is CC1CC1Cc1cnnn1-c1ncn2c3cccc(F)c3c(=O)n(C)c12. The van der Waals surface area contributed by atoms with E-state index < -0.39 is 11.4 Å². The number of benzene rings is 1. The normalized spacial score (nSPS) is 19.5. The van der Waals surface area contributed by atoms with Gasteiger partial charge in [0.15, 0.2) is 11.5 Å². The highest BCUT2D eigenvalue weighted by Crippen LogP contribution is 2.40. The van der Waals surface area contributed by atoms with E-state index in [1.165, 1.54) is 17.1 Å². The van der Waals surface area contributed by atoms with Gasteiger partial charge in [-0.3, -0.25) is 13.8 Å². The van der Waals surface area contributed by atoms with Gasteiger partial charge < -0.3 is 0 Å². The Morgan fingerprint density at radius 1 is 1.35 bits per heavy atom. The molecule has 5 rings (SSSR count). The molecule has 1 aromatic carbocycles. The zero-order valence-corrected chi connectivity index (χ0v) is 14.4. The molecule has 7 nitrogen and oxygen atoms in total. The summed E-state index contributed by atoms with van der Waals surface area (Å²) in [5.41, 5.74) is 1.61. The number of rotatable bonds is 3. The smallest absolute Gasteiger partial charge is 0.264 e. The van der Waals surface area contributed by atoms with Gasteiger partial charge in [0, 0.05) is 7.05 Å². The molecule has 0 saturated heterocycles. The molecule has 2 atom stereocenters. The third kappa shape index (κ3) is 2.04. The quantitative estimate of drug-likeness (QED) is 0.566. The van der Waals surface area contributed by atoms with Gasteiger partial charge in [-0.25, -0.2) is 9.37 Å². The van der Waals surface area contributed by atoms with Crippen molar-refractivity contribution in [2.75, 3.05) is 0 Å². The lowest BCUT2D eigenvalue weighted by molar-refractivity contribution is 0.636. The second-order valence-electron chi connectivity index (χ2n) is 7.07. The number of nitrogens with zero attached hydrogens (tertiary/aromatic N) is 6. The van der Waals surface area contributed by atoms with Crippen LogP contribution in [-0.2, 0) is 13.5 Å². The Balaban J connectivity index is 1.78. The molecule has 1 saturated carbocycles. The van der Waals surface area contributed by atoms with Crippen LogP contribution in [0.2, 0.25) is 0 Å². The van der Waals surface area contributed by atoms with Crippen molar-refractivity contribution in [3.8, 4) is 5.82 Å². The molecule has 0 amide bonds. The van der Waals surface area contributed by atoms with E-state index in [4.69, 9.17) is 0 Å². The summed E-state index contributed by atoms with van der Waals surface area (Å²) in [6.07, 6.45) is 5.42. The molecular weight excluding hydrogens is 335 g/mol. The lowest BCUT2D eigenvalue weighted by Crippen LogP contribution is -2.21. The van der Waals surface area contributed by atoms with E-state index in [2.05, 4.69) is 22.2 Å². The minimum Gasteiger partial charge on any atom is -0.294 e. The summed E-state index contributed by atoms with van der Waals surface area (Å²) in [6.45, 7) is 2.23. The van der Waals surface area contributed by atoms with Crippen LogP contribution < -0.4 is 5.56 Å². The first-order chi connectivity index (χ1) is 12.6. The molecule has 0 spiro atoms. The monoisotopic (exact) mass is 352 g/mol. The van der Waals surface area contributed by atoms with Crippen LogP contribution in [-0.4, -0.2) is 28.9 Å². The Morgan fingerprint density at radius 2 is 2.15 bits per heavy atom. The Labute approximate surface area is 147 Å². The predicted molar refractivity (Wildman–Crippen MR) is 93.8 cm³/mol. The Hall–Kier alpha value is -3.03. The van der Waals surface area contributed by atoms with E-state index in [1.54, 1.807) is 40.8 Å². The van der Waals surface area contributed by atoms with Crippen molar-refractivity contribution < 1.29 is 4.39 Å². The van der Waals surface area contributed by atoms with Crippen LogP contribution in [0.15, 0.2) is 35.5 Å². The molecular formula is C18H17FN6O. The van der Waals surface area contributed by atoms with E-state index >= 15 is 0 Å². The van der Waals surface area contributed by atoms with Crippen LogP contribution in [0, 0.1) is 17.7 Å². The highest BCUT2D eigenvalue weighted by molar-refractivity contribution is 5.82. The maximum atomic E-state index is 14.2. The molecule has 0 N–H and O–H groups in total. The second kappa shape index (κ2) is 5.23. The molecule has 0 bridgehead atoms. The van der Waals surface area contributed by atoms with Gasteiger partial charge in [-0.1, -0.05) is 18.2 Å².